The number of carboxylic acid groups (broad SMARTS) is 2. The van der Waals surface area contributed by atoms with E-state index in [0.717, 1.165) is 0 Å². The number of benzene rings is 1. The van der Waals surface area contributed by atoms with Gasteiger partial charge in [-0.3, -0.25) is 14.5 Å². The van der Waals surface area contributed by atoms with Crippen molar-refractivity contribution in [2.24, 2.45) is 10.8 Å². The van der Waals surface area contributed by atoms with Gasteiger partial charge in [-0.1, -0.05) is 0 Å². The van der Waals surface area contributed by atoms with E-state index in [1.165, 1.54) is 4.90 Å². The number of fused-ring (bicyclic) bond motifs is 1. The molecule has 0 radical (unpaired) electrons. The van der Waals surface area contributed by atoms with Gasteiger partial charge in [-0.2, -0.15) is 13.2 Å². The number of alkyl halides is 3. The van der Waals surface area contributed by atoms with Gasteiger partial charge in [0.25, 0.3) is 0 Å². The van der Waals surface area contributed by atoms with Crippen LogP contribution < -0.4 is 0 Å². The molecule has 1 aromatic carbocycles. The van der Waals surface area contributed by atoms with Crippen LogP contribution in [0.3, 0.4) is 0 Å². The lowest BCUT2D eigenvalue weighted by Gasteiger charge is -2.20. The van der Waals surface area contributed by atoms with Crippen molar-refractivity contribution >= 4 is 11.9 Å². The van der Waals surface area contributed by atoms with E-state index < -0.39 is 40.3 Å². The number of likely N-dealkylation sites (tertiary alicyclic amines) is 1. The van der Waals surface area contributed by atoms with Gasteiger partial charge in [-0.05, 0) is 24.6 Å². The van der Waals surface area contributed by atoms with E-state index in [-0.39, 0.29) is 31.6 Å². The highest BCUT2D eigenvalue weighted by atomic mass is 19.4. The molecule has 2 atom stereocenters. The Balaban J connectivity index is 1.84. The molecular formula is C15H13F4NO4. The highest BCUT2D eigenvalue weighted by molar-refractivity contribution is 5.94. The minimum atomic E-state index is -4.62. The predicted molar refractivity (Wildman–Crippen MR) is 71.4 cm³/mol. The molecule has 0 amide bonds. The minimum absolute atomic E-state index is 0.0216. The summed E-state index contributed by atoms with van der Waals surface area (Å²) in [5.74, 6) is -3.36. The molecule has 2 N–H and O–H groups in total. The second kappa shape index (κ2) is 4.92. The van der Waals surface area contributed by atoms with Crippen LogP contribution in [0.25, 0.3) is 0 Å². The monoisotopic (exact) mass is 347 g/mol. The van der Waals surface area contributed by atoms with Gasteiger partial charge in [0, 0.05) is 25.2 Å². The second-order valence-corrected chi connectivity index (χ2v) is 6.40. The van der Waals surface area contributed by atoms with Crippen LogP contribution in [0.15, 0.2) is 18.2 Å². The minimum Gasteiger partial charge on any atom is -0.481 e. The molecule has 2 fully saturated rings. The van der Waals surface area contributed by atoms with E-state index in [2.05, 4.69) is 0 Å². The first-order valence-electron chi connectivity index (χ1n) is 7.07. The number of nitrogens with zero attached hydrogens (tertiary/aromatic N) is 1. The zero-order chi connectivity index (χ0) is 17.9. The Hall–Kier alpha value is -2.16. The molecule has 0 bridgehead atoms. The van der Waals surface area contributed by atoms with Crippen molar-refractivity contribution in [3.63, 3.8) is 0 Å². The lowest BCUT2D eigenvalue weighted by molar-refractivity contribution is -0.151. The second-order valence-electron chi connectivity index (χ2n) is 6.40. The molecule has 0 spiro atoms. The molecule has 1 heterocycles. The topological polar surface area (TPSA) is 77.8 Å². The first-order chi connectivity index (χ1) is 11.0. The molecule has 0 unspecified atom stereocenters. The molecule has 5 nitrogen and oxygen atoms in total. The summed E-state index contributed by atoms with van der Waals surface area (Å²) in [6, 6.07) is 1.99. The molecule has 9 heteroatoms. The van der Waals surface area contributed by atoms with E-state index in [0.29, 0.717) is 18.2 Å². The fraction of sp³-hybridized carbons (Fsp3) is 0.467. The van der Waals surface area contributed by atoms with E-state index in [1.54, 1.807) is 0 Å². The van der Waals surface area contributed by atoms with E-state index in [4.69, 9.17) is 0 Å². The predicted octanol–water partition coefficient (Wildman–Crippen LogP) is 2.21. The van der Waals surface area contributed by atoms with Crippen LogP contribution in [0.4, 0.5) is 17.6 Å². The van der Waals surface area contributed by atoms with Crippen molar-refractivity contribution in [1.29, 1.82) is 0 Å². The number of carbonyl (C=O) groups is 2. The first kappa shape index (κ1) is 16.7. The maximum atomic E-state index is 13.8. The largest absolute Gasteiger partial charge is 0.481 e. The van der Waals surface area contributed by atoms with Gasteiger partial charge in [0.05, 0.1) is 16.4 Å². The first-order valence-corrected chi connectivity index (χ1v) is 7.07. The Morgan fingerprint density at radius 1 is 1.12 bits per heavy atom. The molecule has 1 aliphatic carbocycles. The number of aliphatic carboxylic acids is 2. The van der Waals surface area contributed by atoms with Crippen LogP contribution in [-0.2, 0) is 22.3 Å². The maximum absolute atomic E-state index is 13.8. The van der Waals surface area contributed by atoms with Gasteiger partial charge in [0.1, 0.15) is 5.82 Å². The Kier molecular flexibility index (Phi) is 3.42. The highest BCUT2D eigenvalue weighted by Gasteiger charge is 2.80. The van der Waals surface area contributed by atoms with Crippen molar-refractivity contribution in [2.45, 2.75) is 19.1 Å². The van der Waals surface area contributed by atoms with Crippen LogP contribution in [-0.4, -0.2) is 40.1 Å². The third kappa shape index (κ3) is 2.26. The zero-order valence-electron chi connectivity index (χ0n) is 12.2. The molecule has 1 aliphatic heterocycles. The van der Waals surface area contributed by atoms with Crippen LogP contribution in [0, 0.1) is 16.6 Å². The Morgan fingerprint density at radius 2 is 1.67 bits per heavy atom. The van der Waals surface area contributed by atoms with Crippen molar-refractivity contribution in [3.8, 4) is 0 Å². The molecule has 130 valence electrons. The van der Waals surface area contributed by atoms with E-state index in [1.807, 2.05) is 0 Å². The fourth-order valence-electron chi connectivity index (χ4n) is 3.63. The number of piperidine rings is 1. The zero-order valence-corrected chi connectivity index (χ0v) is 12.2. The molecule has 3 rings (SSSR count). The summed E-state index contributed by atoms with van der Waals surface area (Å²) in [4.78, 5) is 24.2. The maximum Gasteiger partial charge on any atom is 0.416 e. The summed E-state index contributed by atoms with van der Waals surface area (Å²) in [6.07, 6.45) is -4.65. The van der Waals surface area contributed by atoms with E-state index in [9.17, 15) is 37.4 Å². The average Bonchev–Trinajstić information content (AvgIpc) is 3.00. The third-order valence-electron chi connectivity index (χ3n) is 4.97. The molecule has 1 aromatic rings. The lowest BCUT2D eigenvalue weighted by Crippen LogP contribution is -2.28. The van der Waals surface area contributed by atoms with Crippen molar-refractivity contribution in [3.05, 3.63) is 35.1 Å². The summed E-state index contributed by atoms with van der Waals surface area (Å²) < 4.78 is 52.0. The smallest absolute Gasteiger partial charge is 0.416 e. The highest BCUT2D eigenvalue weighted by Crippen LogP contribution is 2.68. The average molecular weight is 347 g/mol. The molecule has 0 aromatic heterocycles. The van der Waals surface area contributed by atoms with Gasteiger partial charge < -0.3 is 10.2 Å². The van der Waals surface area contributed by atoms with Gasteiger partial charge in [-0.15, -0.1) is 0 Å². The molecule has 24 heavy (non-hydrogen) atoms. The SMILES string of the molecule is O=C(O)[C@@]12CN(Cc3cc(C(F)(F)F)ccc3F)C[C@]1(C(=O)O)C2. The normalized spacial score (nSPS) is 29.3. The fourth-order valence-corrected chi connectivity index (χ4v) is 3.63. The van der Waals surface area contributed by atoms with Crippen molar-refractivity contribution < 1.29 is 37.4 Å². The number of carboxylic acids is 2. The van der Waals surface area contributed by atoms with Crippen molar-refractivity contribution in [1.82, 2.24) is 4.90 Å². The summed E-state index contributed by atoms with van der Waals surface area (Å²) in [6.45, 7) is -0.547. The Morgan fingerprint density at radius 3 is 2.12 bits per heavy atom. The van der Waals surface area contributed by atoms with Gasteiger partial charge in [-0.25, -0.2) is 4.39 Å². The molecule has 1 saturated heterocycles. The van der Waals surface area contributed by atoms with Crippen LogP contribution >= 0.6 is 0 Å². The number of hydrogen-bond donors (Lipinski definition) is 2. The van der Waals surface area contributed by atoms with Crippen LogP contribution in [0.1, 0.15) is 17.5 Å². The molecular weight excluding hydrogens is 334 g/mol. The number of halogens is 4. The number of hydrogen-bond acceptors (Lipinski definition) is 3. The van der Waals surface area contributed by atoms with Crippen LogP contribution in [0.2, 0.25) is 0 Å². The Labute approximate surface area is 133 Å². The lowest BCUT2D eigenvalue weighted by atomic mass is 9.97. The van der Waals surface area contributed by atoms with Gasteiger partial charge in [0.15, 0.2) is 0 Å². The summed E-state index contributed by atoms with van der Waals surface area (Å²) >= 11 is 0. The molecule has 2 aliphatic rings. The summed E-state index contributed by atoms with van der Waals surface area (Å²) in [5, 5.41) is 18.6. The van der Waals surface area contributed by atoms with Crippen molar-refractivity contribution in [2.75, 3.05) is 13.1 Å². The summed E-state index contributed by atoms with van der Waals surface area (Å²) in [5.41, 5.74) is -4.15. The molecule has 1 saturated carbocycles. The summed E-state index contributed by atoms with van der Waals surface area (Å²) in [7, 11) is 0. The van der Waals surface area contributed by atoms with Gasteiger partial charge >= 0.3 is 18.1 Å². The van der Waals surface area contributed by atoms with Crippen LogP contribution in [0.5, 0.6) is 0 Å². The number of rotatable bonds is 4. The van der Waals surface area contributed by atoms with E-state index >= 15 is 0 Å². The quantitative estimate of drug-likeness (QED) is 0.817. The third-order valence-corrected chi connectivity index (χ3v) is 4.97. The van der Waals surface area contributed by atoms with Gasteiger partial charge in [0.2, 0.25) is 0 Å². The standard InChI is InChI=1S/C15H13F4NO4/c16-10-2-1-9(15(17,18)19)3-8(10)4-20-6-13(11(21)22)5-14(13,7-20)12(23)24/h1-3H,4-7H2,(H,21,22)(H,23,24)/t13-,14+. The Bertz CT molecular complexity index is 707.